The van der Waals surface area contributed by atoms with Gasteiger partial charge >= 0.3 is 0 Å². The van der Waals surface area contributed by atoms with Crippen LogP contribution < -0.4 is 15.1 Å². The van der Waals surface area contributed by atoms with Crippen molar-refractivity contribution in [1.29, 1.82) is 0 Å². The Hall–Kier alpha value is -4.42. The summed E-state index contributed by atoms with van der Waals surface area (Å²) in [5, 5.41) is 21.7. The number of thioether (sulfide) groups is 1. The number of hydrazone groups is 1. The fourth-order valence-electron chi connectivity index (χ4n) is 4.78. The zero-order valence-corrected chi connectivity index (χ0v) is 24.3. The summed E-state index contributed by atoms with van der Waals surface area (Å²) in [4.78, 5) is 28.4. The molecule has 13 heteroatoms. The van der Waals surface area contributed by atoms with Gasteiger partial charge in [-0.3, -0.25) is 9.59 Å². The molecule has 0 aliphatic carbocycles. The number of halogens is 1. The molecule has 42 heavy (non-hydrogen) atoms. The van der Waals surface area contributed by atoms with E-state index in [0.717, 1.165) is 37.2 Å². The number of amides is 2. The van der Waals surface area contributed by atoms with Crippen LogP contribution in [-0.2, 0) is 9.59 Å². The molecule has 0 saturated carbocycles. The number of nitrogens with zero attached hydrogens (tertiary/aromatic N) is 7. The largest absolute Gasteiger partial charge is 0.483 e. The molecular weight excluding hydrogens is 576 g/mol. The van der Waals surface area contributed by atoms with Crippen LogP contribution in [0.1, 0.15) is 18.4 Å². The molecule has 0 radical (unpaired) electrons. The highest BCUT2D eigenvalue weighted by Gasteiger charge is 2.42. The van der Waals surface area contributed by atoms with Gasteiger partial charge in [-0.05, 0) is 90.4 Å². The lowest BCUT2D eigenvalue weighted by Gasteiger charge is -2.20. The molecule has 1 fully saturated rings. The molecule has 214 valence electrons. The van der Waals surface area contributed by atoms with Gasteiger partial charge in [-0.15, -0.1) is 5.10 Å². The number of benzene rings is 3. The van der Waals surface area contributed by atoms with E-state index in [2.05, 4.69) is 25.7 Å². The molecule has 6 rings (SSSR count). The Morgan fingerprint density at radius 3 is 2.55 bits per heavy atom. The molecular formula is C29H27ClN8O3S. The predicted octanol–water partition coefficient (Wildman–Crippen LogP) is 4.56. The van der Waals surface area contributed by atoms with Gasteiger partial charge in [-0.1, -0.05) is 41.6 Å². The van der Waals surface area contributed by atoms with E-state index in [1.165, 1.54) is 16.8 Å². The summed E-state index contributed by atoms with van der Waals surface area (Å²) in [7, 11) is 0. The number of aromatic nitrogens is 4. The van der Waals surface area contributed by atoms with E-state index in [9.17, 15) is 9.59 Å². The molecule has 2 aliphatic rings. The molecule has 3 heterocycles. The first-order chi connectivity index (χ1) is 20.5. The summed E-state index contributed by atoms with van der Waals surface area (Å²) >= 11 is 7.27. The van der Waals surface area contributed by atoms with Crippen LogP contribution in [0.3, 0.4) is 0 Å². The van der Waals surface area contributed by atoms with Gasteiger partial charge in [-0.25, -0.2) is 0 Å². The van der Waals surface area contributed by atoms with E-state index in [1.54, 1.807) is 47.1 Å². The van der Waals surface area contributed by atoms with Crippen LogP contribution in [0.15, 0.2) is 83.1 Å². The summed E-state index contributed by atoms with van der Waals surface area (Å²) in [6.45, 7) is 3.38. The molecule has 1 aromatic heterocycles. The summed E-state index contributed by atoms with van der Waals surface area (Å²) in [5.74, 6) is 0.788. The number of aryl methyl sites for hydroxylation is 1. The van der Waals surface area contributed by atoms with Crippen molar-refractivity contribution in [3.63, 3.8) is 0 Å². The van der Waals surface area contributed by atoms with Crippen LogP contribution in [0, 0.1) is 6.92 Å². The first-order valence-corrected chi connectivity index (χ1v) is 14.7. The second-order valence-electron chi connectivity index (χ2n) is 9.80. The maximum Gasteiger partial charge on any atom is 0.268 e. The van der Waals surface area contributed by atoms with E-state index >= 15 is 0 Å². The lowest BCUT2D eigenvalue weighted by molar-refractivity contribution is -0.118. The minimum Gasteiger partial charge on any atom is -0.483 e. The van der Waals surface area contributed by atoms with Gasteiger partial charge in [0.25, 0.3) is 11.8 Å². The third-order valence-corrected chi connectivity index (χ3v) is 8.21. The second kappa shape index (κ2) is 12.2. The Balaban J connectivity index is 1.15. The molecule has 1 N–H and O–H groups in total. The lowest BCUT2D eigenvalue weighted by Crippen LogP contribution is -2.37. The monoisotopic (exact) mass is 602 g/mol. The minimum atomic E-state index is -0.607. The molecule has 0 spiro atoms. The Morgan fingerprint density at radius 1 is 1.05 bits per heavy atom. The summed E-state index contributed by atoms with van der Waals surface area (Å²) in [6, 6.07) is 21.7. The van der Waals surface area contributed by atoms with Crippen molar-refractivity contribution in [3.8, 4) is 11.4 Å². The topological polar surface area (TPSA) is 118 Å². The van der Waals surface area contributed by atoms with Crippen molar-refractivity contribution >= 4 is 52.4 Å². The average molecular weight is 603 g/mol. The number of ether oxygens (including phenoxy) is 1. The number of hydrogen-bond donors (Lipinski definition) is 1. The normalized spacial score (nSPS) is 16.6. The van der Waals surface area contributed by atoms with Crippen LogP contribution in [0.25, 0.3) is 5.69 Å². The van der Waals surface area contributed by atoms with Crippen molar-refractivity contribution in [2.24, 2.45) is 5.10 Å². The van der Waals surface area contributed by atoms with Gasteiger partial charge in [0.2, 0.25) is 5.16 Å². The minimum absolute atomic E-state index is 0.153. The number of tetrazole rings is 1. The standard InChI is InChI=1S/C29H27ClN8O3S/c1-19-17-20(30)9-14-24(19)41-18-25(39)31-21-10-12-23(13-11-21)37-28(40)26(27(33-37)36-15-5-6-16-36)42-29-32-34-35-38(29)22-7-3-2-4-8-22/h2-4,7-14,17,26H,5-6,15-16,18H2,1H3,(H,31,39). The highest BCUT2D eigenvalue weighted by Crippen LogP contribution is 2.34. The Morgan fingerprint density at radius 2 is 1.81 bits per heavy atom. The average Bonchev–Trinajstić information content (AvgIpc) is 3.76. The van der Waals surface area contributed by atoms with E-state index in [0.29, 0.717) is 33.1 Å². The first kappa shape index (κ1) is 27.7. The molecule has 0 bridgehead atoms. The molecule has 1 saturated heterocycles. The van der Waals surface area contributed by atoms with Crippen LogP contribution in [0.5, 0.6) is 5.75 Å². The maximum absolute atomic E-state index is 13.8. The fourth-order valence-corrected chi connectivity index (χ4v) is 6.04. The molecule has 3 aromatic carbocycles. The molecule has 2 amide bonds. The van der Waals surface area contributed by atoms with Crippen LogP contribution in [0.2, 0.25) is 5.02 Å². The van der Waals surface area contributed by atoms with E-state index in [-0.39, 0.29) is 18.4 Å². The van der Waals surface area contributed by atoms with Gasteiger partial charge in [0.15, 0.2) is 11.9 Å². The van der Waals surface area contributed by atoms with Gasteiger partial charge in [0.1, 0.15) is 11.6 Å². The summed E-state index contributed by atoms with van der Waals surface area (Å²) in [6.07, 6.45) is 2.09. The maximum atomic E-state index is 13.8. The van der Waals surface area contributed by atoms with Gasteiger partial charge in [0.05, 0.1) is 11.4 Å². The molecule has 1 atom stereocenters. The molecule has 1 unspecified atom stereocenters. The van der Waals surface area contributed by atoms with Crippen molar-refractivity contribution < 1.29 is 14.3 Å². The zero-order valence-electron chi connectivity index (χ0n) is 22.7. The Bertz CT molecular complexity index is 1620. The SMILES string of the molecule is Cc1cc(Cl)ccc1OCC(=O)Nc1ccc(N2N=C(N3CCCC3)C(Sc3nnnn3-c3ccccc3)C2=O)cc1. The quantitative estimate of drug-likeness (QED) is 0.312. The number of amidine groups is 1. The van der Waals surface area contributed by atoms with Crippen molar-refractivity contribution in [2.45, 2.75) is 30.2 Å². The van der Waals surface area contributed by atoms with Crippen molar-refractivity contribution in [3.05, 3.63) is 83.4 Å². The van der Waals surface area contributed by atoms with Crippen LogP contribution >= 0.6 is 23.4 Å². The number of nitrogens with one attached hydrogen (secondary N) is 1. The fraction of sp³-hybridized carbons (Fsp3) is 0.241. The number of rotatable bonds is 8. The number of carbonyl (C=O) groups is 2. The van der Waals surface area contributed by atoms with Crippen LogP contribution in [-0.4, -0.2) is 67.7 Å². The number of anilines is 2. The van der Waals surface area contributed by atoms with Gasteiger partial charge in [-0.2, -0.15) is 14.8 Å². The van der Waals surface area contributed by atoms with E-state index < -0.39 is 5.25 Å². The predicted molar refractivity (Wildman–Crippen MR) is 161 cm³/mol. The highest BCUT2D eigenvalue weighted by atomic mass is 35.5. The summed E-state index contributed by atoms with van der Waals surface area (Å²) in [5.41, 5.74) is 2.81. The Kier molecular flexibility index (Phi) is 8.06. The van der Waals surface area contributed by atoms with Gasteiger partial charge < -0.3 is 15.0 Å². The highest BCUT2D eigenvalue weighted by molar-refractivity contribution is 8.01. The first-order valence-electron chi connectivity index (χ1n) is 13.4. The summed E-state index contributed by atoms with van der Waals surface area (Å²) < 4.78 is 7.26. The van der Waals surface area contributed by atoms with E-state index in [4.69, 9.17) is 21.4 Å². The van der Waals surface area contributed by atoms with Crippen molar-refractivity contribution in [1.82, 2.24) is 25.1 Å². The second-order valence-corrected chi connectivity index (χ2v) is 11.3. The zero-order chi connectivity index (χ0) is 29.1. The third kappa shape index (κ3) is 5.95. The molecule has 4 aromatic rings. The smallest absolute Gasteiger partial charge is 0.268 e. The number of hydrogen-bond acceptors (Lipinski definition) is 9. The molecule has 2 aliphatic heterocycles. The van der Waals surface area contributed by atoms with Crippen LogP contribution in [0.4, 0.5) is 11.4 Å². The Labute approximate surface area is 251 Å². The van der Waals surface area contributed by atoms with Gasteiger partial charge in [0, 0.05) is 23.8 Å². The molecule has 11 nitrogen and oxygen atoms in total. The number of para-hydroxylation sites is 1. The number of likely N-dealkylation sites (tertiary alicyclic amines) is 1. The third-order valence-electron chi connectivity index (χ3n) is 6.86. The lowest BCUT2D eigenvalue weighted by atomic mass is 10.2. The van der Waals surface area contributed by atoms with E-state index in [1.807, 2.05) is 37.3 Å². The van der Waals surface area contributed by atoms with Crippen molar-refractivity contribution in [2.75, 3.05) is 30.0 Å². The number of carbonyl (C=O) groups excluding carboxylic acids is 2.